The summed E-state index contributed by atoms with van der Waals surface area (Å²) in [6.07, 6.45) is 3.10. The predicted octanol–water partition coefficient (Wildman–Crippen LogP) is 3.69. The normalized spacial score (nSPS) is 11.5. The fraction of sp³-hybridized carbons (Fsp3) is 0.348. The van der Waals surface area contributed by atoms with E-state index in [0.29, 0.717) is 18.1 Å². The van der Waals surface area contributed by atoms with Crippen LogP contribution in [0.5, 0.6) is 11.5 Å². The molecule has 28 heavy (non-hydrogen) atoms. The van der Waals surface area contributed by atoms with E-state index in [0.717, 1.165) is 11.1 Å². The molecule has 2 rings (SSSR count). The first-order chi connectivity index (χ1) is 13.3. The van der Waals surface area contributed by atoms with Crippen molar-refractivity contribution in [2.24, 2.45) is 0 Å². The number of carbonyl (C=O) groups excluding carboxylic acids is 1. The van der Waals surface area contributed by atoms with Crippen LogP contribution in [0.3, 0.4) is 0 Å². The van der Waals surface area contributed by atoms with Crippen molar-refractivity contribution >= 4 is 12.0 Å². The van der Waals surface area contributed by atoms with Gasteiger partial charge < -0.3 is 19.9 Å². The Kier molecular flexibility index (Phi) is 7.64. The molecule has 0 aliphatic heterocycles. The van der Waals surface area contributed by atoms with E-state index in [4.69, 9.17) is 14.6 Å². The molecule has 0 aliphatic carbocycles. The van der Waals surface area contributed by atoms with Crippen molar-refractivity contribution in [1.29, 1.82) is 0 Å². The zero-order valence-electron chi connectivity index (χ0n) is 17.0. The van der Waals surface area contributed by atoms with E-state index in [2.05, 4.69) is 50.4 Å². The topological polar surface area (TPSA) is 67.8 Å². The molecular formula is C23H29NO4. The van der Waals surface area contributed by atoms with E-state index in [9.17, 15) is 4.79 Å². The number of aliphatic hydroxyl groups excluding tert-OH is 1. The SMILES string of the molecule is COc1cc(/C=C/C(=O)NCCO)ccc1OCc1ccc(C(C)(C)C)cc1. The van der Waals surface area contributed by atoms with E-state index >= 15 is 0 Å². The highest BCUT2D eigenvalue weighted by Crippen LogP contribution is 2.29. The maximum Gasteiger partial charge on any atom is 0.244 e. The number of rotatable bonds is 8. The van der Waals surface area contributed by atoms with Gasteiger partial charge in [-0.05, 0) is 40.3 Å². The Hall–Kier alpha value is -2.79. The predicted molar refractivity (Wildman–Crippen MR) is 112 cm³/mol. The van der Waals surface area contributed by atoms with Crippen molar-refractivity contribution in [3.63, 3.8) is 0 Å². The first-order valence-corrected chi connectivity index (χ1v) is 9.30. The molecule has 5 heteroatoms. The lowest BCUT2D eigenvalue weighted by Gasteiger charge is -2.19. The first-order valence-electron chi connectivity index (χ1n) is 9.30. The van der Waals surface area contributed by atoms with Gasteiger partial charge in [0.2, 0.25) is 5.91 Å². The van der Waals surface area contributed by atoms with Crippen LogP contribution in [-0.2, 0) is 16.8 Å². The third-order valence-electron chi connectivity index (χ3n) is 4.24. The second-order valence-electron chi connectivity index (χ2n) is 7.49. The molecule has 0 spiro atoms. The molecule has 2 aromatic carbocycles. The Morgan fingerprint density at radius 1 is 1.11 bits per heavy atom. The molecule has 0 bridgehead atoms. The Morgan fingerprint density at radius 2 is 1.82 bits per heavy atom. The van der Waals surface area contributed by atoms with E-state index in [1.807, 2.05) is 18.2 Å². The minimum absolute atomic E-state index is 0.0849. The molecular weight excluding hydrogens is 354 g/mol. The van der Waals surface area contributed by atoms with E-state index in [1.165, 1.54) is 11.6 Å². The van der Waals surface area contributed by atoms with Crippen molar-refractivity contribution in [2.75, 3.05) is 20.3 Å². The standard InChI is InChI=1S/C23H29NO4/c1-23(2,3)19-9-5-18(6-10-19)16-28-20-11-7-17(15-21(20)27-4)8-12-22(26)24-13-14-25/h5-12,15,25H,13-14,16H2,1-4H3,(H,24,26)/b12-8+. The van der Waals surface area contributed by atoms with E-state index < -0.39 is 0 Å². The van der Waals surface area contributed by atoms with Gasteiger partial charge in [-0.25, -0.2) is 0 Å². The molecule has 2 aromatic rings. The fourth-order valence-corrected chi connectivity index (χ4v) is 2.58. The average Bonchev–Trinajstić information content (AvgIpc) is 2.69. The van der Waals surface area contributed by atoms with Gasteiger partial charge in [0.25, 0.3) is 0 Å². The third kappa shape index (κ3) is 6.43. The second-order valence-corrected chi connectivity index (χ2v) is 7.49. The van der Waals surface area contributed by atoms with Crippen molar-refractivity contribution < 1.29 is 19.4 Å². The molecule has 5 nitrogen and oxygen atoms in total. The van der Waals surface area contributed by atoms with Crippen LogP contribution in [0.15, 0.2) is 48.5 Å². The first kappa shape index (κ1) is 21.5. The summed E-state index contributed by atoms with van der Waals surface area (Å²) < 4.78 is 11.3. The molecule has 0 radical (unpaired) electrons. The fourth-order valence-electron chi connectivity index (χ4n) is 2.58. The van der Waals surface area contributed by atoms with Crippen molar-refractivity contribution in [2.45, 2.75) is 32.8 Å². The van der Waals surface area contributed by atoms with Crippen LogP contribution >= 0.6 is 0 Å². The summed E-state index contributed by atoms with van der Waals surface area (Å²) in [6.45, 7) is 7.16. The van der Waals surface area contributed by atoms with Gasteiger partial charge in [-0.1, -0.05) is 51.1 Å². The van der Waals surface area contributed by atoms with Gasteiger partial charge in [-0.15, -0.1) is 0 Å². The lowest BCUT2D eigenvalue weighted by Crippen LogP contribution is -2.24. The maximum atomic E-state index is 11.6. The smallest absolute Gasteiger partial charge is 0.244 e. The zero-order chi connectivity index (χ0) is 20.6. The second kappa shape index (κ2) is 9.95. The zero-order valence-corrected chi connectivity index (χ0v) is 17.0. The number of carbonyl (C=O) groups is 1. The molecule has 1 amide bonds. The molecule has 0 aliphatic rings. The van der Waals surface area contributed by atoms with Crippen LogP contribution in [0, 0.1) is 0 Å². The van der Waals surface area contributed by atoms with Crippen molar-refractivity contribution in [1.82, 2.24) is 5.32 Å². The quantitative estimate of drug-likeness (QED) is 0.682. The minimum atomic E-state index is -0.257. The van der Waals surface area contributed by atoms with Crippen LogP contribution in [0.4, 0.5) is 0 Å². The minimum Gasteiger partial charge on any atom is -0.493 e. The number of benzene rings is 2. The van der Waals surface area contributed by atoms with Crippen molar-refractivity contribution in [3.8, 4) is 11.5 Å². The molecule has 2 N–H and O–H groups in total. The molecule has 150 valence electrons. The lowest BCUT2D eigenvalue weighted by molar-refractivity contribution is -0.116. The van der Waals surface area contributed by atoms with Crippen LogP contribution in [-0.4, -0.2) is 31.3 Å². The summed E-state index contributed by atoms with van der Waals surface area (Å²) in [6, 6.07) is 13.9. The molecule has 0 atom stereocenters. The number of hydrogen-bond acceptors (Lipinski definition) is 4. The van der Waals surface area contributed by atoms with Gasteiger partial charge in [0.05, 0.1) is 13.7 Å². The van der Waals surface area contributed by atoms with Gasteiger partial charge in [-0.2, -0.15) is 0 Å². The van der Waals surface area contributed by atoms with Crippen molar-refractivity contribution in [3.05, 3.63) is 65.2 Å². The molecule has 0 saturated carbocycles. The average molecular weight is 383 g/mol. The lowest BCUT2D eigenvalue weighted by atomic mass is 9.87. The molecule has 0 unspecified atom stereocenters. The summed E-state index contributed by atoms with van der Waals surface area (Å²) >= 11 is 0. The third-order valence-corrected chi connectivity index (χ3v) is 4.24. The summed E-state index contributed by atoms with van der Waals surface area (Å²) in [7, 11) is 1.59. The van der Waals surface area contributed by atoms with E-state index in [-0.39, 0.29) is 24.5 Å². The monoisotopic (exact) mass is 383 g/mol. The Labute approximate surface area is 167 Å². The number of hydrogen-bond donors (Lipinski definition) is 2. The van der Waals surface area contributed by atoms with Gasteiger partial charge in [0.1, 0.15) is 6.61 Å². The molecule has 0 fully saturated rings. The van der Waals surface area contributed by atoms with Crippen LogP contribution in [0.2, 0.25) is 0 Å². The highest BCUT2D eigenvalue weighted by Gasteiger charge is 2.13. The van der Waals surface area contributed by atoms with Gasteiger partial charge in [-0.3, -0.25) is 4.79 Å². The summed E-state index contributed by atoms with van der Waals surface area (Å²) in [4.78, 5) is 11.6. The Balaban J connectivity index is 2.02. The maximum absolute atomic E-state index is 11.6. The van der Waals surface area contributed by atoms with Gasteiger partial charge in [0.15, 0.2) is 11.5 Å². The molecule has 0 aromatic heterocycles. The Morgan fingerprint density at radius 3 is 2.43 bits per heavy atom. The largest absolute Gasteiger partial charge is 0.493 e. The number of methoxy groups -OCH3 is 1. The summed E-state index contributed by atoms with van der Waals surface area (Å²) in [5.74, 6) is 0.987. The van der Waals surface area contributed by atoms with E-state index in [1.54, 1.807) is 13.2 Å². The van der Waals surface area contributed by atoms with Crippen LogP contribution in [0.25, 0.3) is 6.08 Å². The molecule has 0 saturated heterocycles. The van der Waals surface area contributed by atoms with Gasteiger partial charge in [0, 0.05) is 12.6 Å². The number of ether oxygens (including phenoxy) is 2. The highest BCUT2D eigenvalue weighted by molar-refractivity contribution is 5.91. The number of nitrogens with one attached hydrogen (secondary N) is 1. The molecule has 0 heterocycles. The Bertz CT molecular complexity index is 804. The van der Waals surface area contributed by atoms with Gasteiger partial charge >= 0.3 is 0 Å². The van der Waals surface area contributed by atoms with Crippen LogP contribution in [0.1, 0.15) is 37.5 Å². The number of aliphatic hydroxyl groups is 1. The van der Waals surface area contributed by atoms with Crippen LogP contribution < -0.4 is 14.8 Å². The summed E-state index contributed by atoms with van der Waals surface area (Å²) in [5, 5.41) is 11.3. The highest BCUT2D eigenvalue weighted by atomic mass is 16.5. The summed E-state index contributed by atoms with van der Waals surface area (Å²) in [5.41, 5.74) is 3.31. The number of amides is 1.